The fraction of sp³-hybridized carbons (Fsp3) is 0.389. The summed E-state index contributed by atoms with van der Waals surface area (Å²) in [6.45, 7) is 5.15. The van der Waals surface area contributed by atoms with Crippen LogP contribution in [0.3, 0.4) is 0 Å². The third kappa shape index (κ3) is 4.21. The molecule has 22 heavy (non-hydrogen) atoms. The van der Waals surface area contributed by atoms with E-state index in [2.05, 4.69) is 23.3 Å². The molecule has 0 spiro atoms. The SMILES string of the molecule is CCCCNc1cc(Cc2ccc(CO)cc2)c(C)nc1N. The minimum absolute atomic E-state index is 0.0776. The molecule has 2 aromatic rings. The molecule has 1 aromatic carbocycles. The summed E-state index contributed by atoms with van der Waals surface area (Å²) < 4.78 is 0. The number of anilines is 2. The van der Waals surface area contributed by atoms with E-state index >= 15 is 0 Å². The van der Waals surface area contributed by atoms with Gasteiger partial charge in [-0.15, -0.1) is 0 Å². The quantitative estimate of drug-likeness (QED) is 0.686. The van der Waals surface area contributed by atoms with Crippen LogP contribution in [0.4, 0.5) is 11.5 Å². The zero-order chi connectivity index (χ0) is 15.9. The summed E-state index contributed by atoms with van der Waals surface area (Å²) in [5.74, 6) is 0.563. The predicted molar refractivity (Wildman–Crippen MR) is 92.0 cm³/mol. The van der Waals surface area contributed by atoms with Gasteiger partial charge in [0, 0.05) is 12.2 Å². The molecule has 0 radical (unpaired) electrons. The lowest BCUT2D eigenvalue weighted by Gasteiger charge is -2.13. The molecule has 4 N–H and O–H groups in total. The van der Waals surface area contributed by atoms with Gasteiger partial charge in [0.2, 0.25) is 0 Å². The van der Waals surface area contributed by atoms with Crippen molar-refractivity contribution in [3.8, 4) is 0 Å². The predicted octanol–water partition coefficient (Wildman–Crippen LogP) is 3.27. The largest absolute Gasteiger partial charge is 0.392 e. The van der Waals surface area contributed by atoms with Crippen molar-refractivity contribution in [1.82, 2.24) is 4.98 Å². The lowest BCUT2D eigenvalue weighted by atomic mass is 10.0. The minimum Gasteiger partial charge on any atom is -0.392 e. The molecule has 0 aliphatic rings. The van der Waals surface area contributed by atoms with Crippen molar-refractivity contribution in [2.45, 2.75) is 39.7 Å². The first-order chi connectivity index (χ1) is 10.6. The number of nitrogens with one attached hydrogen (secondary N) is 1. The molecule has 0 saturated carbocycles. The number of unbranched alkanes of at least 4 members (excludes halogenated alkanes) is 1. The van der Waals surface area contributed by atoms with Gasteiger partial charge in [0.15, 0.2) is 0 Å². The Hall–Kier alpha value is -2.07. The van der Waals surface area contributed by atoms with Crippen LogP contribution in [0.5, 0.6) is 0 Å². The maximum absolute atomic E-state index is 9.10. The average molecular weight is 299 g/mol. The van der Waals surface area contributed by atoms with Crippen LogP contribution in [0.15, 0.2) is 30.3 Å². The van der Waals surface area contributed by atoms with E-state index in [4.69, 9.17) is 10.8 Å². The van der Waals surface area contributed by atoms with Crippen molar-refractivity contribution in [3.63, 3.8) is 0 Å². The molecule has 0 fully saturated rings. The second-order valence-corrected chi connectivity index (χ2v) is 5.60. The molecule has 1 aromatic heterocycles. The van der Waals surface area contributed by atoms with E-state index in [-0.39, 0.29) is 6.61 Å². The van der Waals surface area contributed by atoms with Gasteiger partial charge < -0.3 is 16.2 Å². The van der Waals surface area contributed by atoms with Gasteiger partial charge in [-0.3, -0.25) is 0 Å². The number of pyridine rings is 1. The zero-order valence-electron chi connectivity index (χ0n) is 13.4. The number of nitrogens with two attached hydrogens (primary N) is 1. The van der Waals surface area contributed by atoms with E-state index in [0.29, 0.717) is 5.82 Å². The van der Waals surface area contributed by atoms with Crippen LogP contribution >= 0.6 is 0 Å². The summed E-state index contributed by atoms with van der Waals surface area (Å²) in [5, 5.41) is 12.5. The standard InChI is InChI=1S/C18H25N3O/c1-3-4-9-20-17-11-16(13(2)21-18(17)19)10-14-5-7-15(12-22)8-6-14/h5-8,11,20,22H,3-4,9-10,12H2,1-2H3,(H2,19,21). The fourth-order valence-corrected chi connectivity index (χ4v) is 2.37. The first kappa shape index (κ1) is 16.3. The molecule has 118 valence electrons. The summed E-state index contributed by atoms with van der Waals surface area (Å²) >= 11 is 0. The van der Waals surface area contributed by atoms with Crippen LogP contribution in [-0.4, -0.2) is 16.6 Å². The Labute approximate surface area is 132 Å². The molecule has 0 aliphatic heterocycles. The fourth-order valence-electron chi connectivity index (χ4n) is 2.37. The van der Waals surface area contributed by atoms with Gasteiger partial charge in [-0.2, -0.15) is 0 Å². The summed E-state index contributed by atoms with van der Waals surface area (Å²) in [6.07, 6.45) is 3.08. The summed E-state index contributed by atoms with van der Waals surface area (Å²) in [5.41, 5.74) is 11.2. The Morgan fingerprint density at radius 1 is 1.18 bits per heavy atom. The maximum Gasteiger partial charge on any atom is 0.147 e. The molecular formula is C18H25N3O. The number of aliphatic hydroxyl groups excluding tert-OH is 1. The van der Waals surface area contributed by atoms with Crippen LogP contribution in [0.25, 0.3) is 0 Å². The first-order valence-corrected chi connectivity index (χ1v) is 7.82. The van der Waals surface area contributed by atoms with E-state index in [9.17, 15) is 0 Å². The molecule has 4 heteroatoms. The molecule has 0 unspecified atom stereocenters. The van der Waals surface area contributed by atoms with Crippen molar-refractivity contribution in [3.05, 3.63) is 52.7 Å². The molecule has 0 bridgehead atoms. The minimum atomic E-state index is 0.0776. The topological polar surface area (TPSA) is 71.2 Å². The molecule has 0 saturated heterocycles. The van der Waals surface area contributed by atoms with Crippen LogP contribution in [-0.2, 0) is 13.0 Å². The van der Waals surface area contributed by atoms with Crippen molar-refractivity contribution < 1.29 is 5.11 Å². The van der Waals surface area contributed by atoms with Gasteiger partial charge in [0.1, 0.15) is 5.82 Å². The van der Waals surface area contributed by atoms with Gasteiger partial charge in [-0.05, 0) is 42.5 Å². The third-order valence-electron chi connectivity index (χ3n) is 3.79. The van der Waals surface area contributed by atoms with Gasteiger partial charge in [0.25, 0.3) is 0 Å². The van der Waals surface area contributed by atoms with Gasteiger partial charge in [-0.25, -0.2) is 4.98 Å². The highest BCUT2D eigenvalue weighted by atomic mass is 16.3. The van der Waals surface area contributed by atoms with E-state index in [1.165, 1.54) is 11.1 Å². The van der Waals surface area contributed by atoms with Gasteiger partial charge >= 0.3 is 0 Å². The second kappa shape index (κ2) is 7.80. The Morgan fingerprint density at radius 3 is 2.50 bits per heavy atom. The number of nitrogen functional groups attached to an aromatic ring is 1. The Morgan fingerprint density at radius 2 is 1.86 bits per heavy atom. The Balaban J connectivity index is 2.16. The number of aromatic nitrogens is 1. The highest BCUT2D eigenvalue weighted by Crippen LogP contribution is 2.22. The third-order valence-corrected chi connectivity index (χ3v) is 3.79. The Bertz CT molecular complexity index is 608. The molecule has 4 nitrogen and oxygen atoms in total. The number of hydrogen-bond donors (Lipinski definition) is 3. The van der Waals surface area contributed by atoms with Crippen LogP contribution in [0.1, 0.15) is 42.1 Å². The Kier molecular flexibility index (Phi) is 5.78. The summed E-state index contributed by atoms with van der Waals surface area (Å²) in [6, 6.07) is 10.1. The van der Waals surface area contributed by atoms with Gasteiger partial charge in [0.05, 0.1) is 12.3 Å². The number of hydrogen-bond acceptors (Lipinski definition) is 4. The number of benzene rings is 1. The van der Waals surface area contributed by atoms with E-state index < -0.39 is 0 Å². The van der Waals surface area contributed by atoms with Crippen LogP contribution < -0.4 is 11.1 Å². The van der Waals surface area contributed by atoms with Crippen molar-refractivity contribution in [2.24, 2.45) is 0 Å². The van der Waals surface area contributed by atoms with Crippen molar-refractivity contribution >= 4 is 11.5 Å². The molecule has 1 heterocycles. The van der Waals surface area contributed by atoms with E-state index in [0.717, 1.165) is 42.8 Å². The number of aliphatic hydroxyl groups is 1. The molecule has 0 amide bonds. The maximum atomic E-state index is 9.10. The number of nitrogens with zero attached hydrogens (tertiary/aromatic N) is 1. The van der Waals surface area contributed by atoms with E-state index in [1.54, 1.807) is 0 Å². The smallest absolute Gasteiger partial charge is 0.147 e. The van der Waals surface area contributed by atoms with Crippen LogP contribution in [0, 0.1) is 6.92 Å². The van der Waals surface area contributed by atoms with Crippen LogP contribution in [0.2, 0.25) is 0 Å². The molecule has 2 rings (SSSR count). The average Bonchev–Trinajstić information content (AvgIpc) is 2.52. The second-order valence-electron chi connectivity index (χ2n) is 5.60. The zero-order valence-corrected chi connectivity index (χ0v) is 13.4. The van der Waals surface area contributed by atoms with Crippen molar-refractivity contribution in [2.75, 3.05) is 17.6 Å². The molecular weight excluding hydrogens is 274 g/mol. The lowest BCUT2D eigenvalue weighted by Crippen LogP contribution is -2.08. The first-order valence-electron chi connectivity index (χ1n) is 7.82. The molecule has 0 aliphatic carbocycles. The lowest BCUT2D eigenvalue weighted by molar-refractivity contribution is 0.282. The number of aryl methyl sites for hydroxylation is 1. The summed E-state index contributed by atoms with van der Waals surface area (Å²) in [4.78, 5) is 4.46. The highest BCUT2D eigenvalue weighted by molar-refractivity contribution is 5.63. The van der Waals surface area contributed by atoms with Gasteiger partial charge in [-0.1, -0.05) is 37.6 Å². The van der Waals surface area contributed by atoms with Crippen molar-refractivity contribution in [1.29, 1.82) is 0 Å². The molecule has 0 atom stereocenters. The summed E-state index contributed by atoms with van der Waals surface area (Å²) in [7, 11) is 0. The highest BCUT2D eigenvalue weighted by Gasteiger charge is 2.08. The normalized spacial score (nSPS) is 10.7. The monoisotopic (exact) mass is 299 g/mol. The van der Waals surface area contributed by atoms with E-state index in [1.807, 2.05) is 31.2 Å². The number of rotatable bonds is 7.